The first-order chi connectivity index (χ1) is 12.5. The van der Waals surface area contributed by atoms with Crippen molar-refractivity contribution in [1.82, 2.24) is 0 Å². The van der Waals surface area contributed by atoms with Crippen LogP contribution in [0.15, 0.2) is 83.3 Å². The molecule has 0 saturated carbocycles. The van der Waals surface area contributed by atoms with Crippen LogP contribution in [0, 0.1) is 11.6 Å². The highest BCUT2D eigenvalue weighted by atomic mass is 79.9. The van der Waals surface area contributed by atoms with Crippen molar-refractivity contribution in [2.24, 2.45) is 0 Å². The van der Waals surface area contributed by atoms with Crippen LogP contribution in [0.25, 0.3) is 5.70 Å². The number of allylic oxidation sites excluding steroid dienone is 1. The van der Waals surface area contributed by atoms with Crippen molar-refractivity contribution in [3.63, 3.8) is 0 Å². The van der Waals surface area contributed by atoms with Gasteiger partial charge in [-0.1, -0.05) is 58.4 Å². The van der Waals surface area contributed by atoms with Crippen LogP contribution in [0.5, 0.6) is 0 Å². The number of halogens is 3. The molecule has 3 aromatic rings. The van der Waals surface area contributed by atoms with E-state index < -0.39 is 11.6 Å². The van der Waals surface area contributed by atoms with Gasteiger partial charge in [-0.05, 0) is 29.8 Å². The van der Waals surface area contributed by atoms with Crippen molar-refractivity contribution in [2.45, 2.75) is 0 Å². The van der Waals surface area contributed by atoms with E-state index in [4.69, 9.17) is 0 Å². The number of carbonyl (C=O) groups excluding carboxylic acids is 1. The first kappa shape index (κ1) is 18.0. The van der Waals surface area contributed by atoms with E-state index in [1.54, 1.807) is 30.3 Å². The molecule has 0 aliphatic heterocycles. The van der Waals surface area contributed by atoms with Crippen LogP contribution in [0.1, 0.15) is 15.9 Å². The minimum Gasteiger partial charge on any atom is -0.353 e. The van der Waals surface area contributed by atoms with Crippen LogP contribution in [-0.4, -0.2) is 5.78 Å². The molecule has 0 unspecified atom stereocenters. The maximum Gasteiger partial charge on any atom is 0.189 e. The average molecular weight is 414 g/mol. The third-order valence-corrected chi connectivity index (χ3v) is 4.39. The van der Waals surface area contributed by atoms with Gasteiger partial charge in [0.25, 0.3) is 0 Å². The van der Waals surface area contributed by atoms with Gasteiger partial charge >= 0.3 is 0 Å². The molecule has 130 valence electrons. The maximum absolute atomic E-state index is 14.0. The summed E-state index contributed by atoms with van der Waals surface area (Å²) >= 11 is 3.36. The minimum atomic E-state index is -0.736. The number of ketones is 1. The van der Waals surface area contributed by atoms with Crippen molar-refractivity contribution < 1.29 is 13.6 Å². The second-order valence-electron chi connectivity index (χ2n) is 5.52. The quantitative estimate of drug-likeness (QED) is 0.406. The van der Waals surface area contributed by atoms with Gasteiger partial charge in [-0.2, -0.15) is 0 Å². The third-order valence-electron chi connectivity index (χ3n) is 3.70. The van der Waals surface area contributed by atoms with E-state index >= 15 is 0 Å². The highest BCUT2D eigenvalue weighted by Gasteiger charge is 2.12. The van der Waals surface area contributed by atoms with Crippen molar-refractivity contribution in [2.75, 3.05) is 5.32 Å². The number of hydrogen-bond acceptors (Lipinski definition) is 2. The Labute approximate surface area is 158 Å². The molecule has 3 aromatic carbocycles. The second kappa shape index (κ2) is 8.06. The number of carbonyl (C=O) groups is 1. The molecule has 3 rings (SSSR count). The number of nitrogens with one attached hydrogen (secondary N) is 1. The minimum absolute atomic E-state index is 0.0847. The summed E-state index contributed by atoms with van der Waals surface area (Å²) in [5.41, 5.74) is 1.69. The summed E-state index contributed by atoms with van der Waals surface area (Å²) < 4.78 is 27.8. The molecule has 0 aromatic heterocycles. The van der Waals surface area contributed by atoms with Gasteiger partial charge in [-0.15, -0.1) is 0 Å². The molecule has 0 bridgehead atoms. The van der Waals surface area contributed by atoms with Gasteiger partial charge in [0.1, 0.15) is 11.6 Å². The zero-order valence-electron chi connectivity index (χ0n) is 13.5. The van der Waals surface area contributed by atoms with Crippen molar-refractivity contribution >= 4 is 33.1 Å². The van der Waals surface area contributed by atoms with Crippen LogP contribution in [0.4, 0.5) is 14.5 Å². The van der Waals surface area contributed by atoms with Crippen molar-refractivity contribution in [1.29, 1.82) is 0 Å². The second-order valence-corrected chi connectivity index (χ2v) is 6.37. The van der Waals surface area contributed by atoms with E-state index in [9.17, 15) is 13.6 Å². The Hall–Kier alpha value is -2.79. The van der Waals surface area contributed by atoms with Crippen LogP contribution in [0.2, 0.25) is 0 Å². The van der Waals surface area contributed by atoms with Gasteiger partial charge in [0.2, 0.25) is 0 Å². The summed E-state index contributed by atoms with van der Waals surface area (Å²) in [5, 5.41) is 2.89. The number of rotatable bonds is 5. The predicted molar refractivity (Wildman–Crippen MR) is 103 cm³/mol. The highest BCUT2D eigenvalue weighted by molar-refractivity contribution is 9.10. The molecule has 0 aliphatic rings. The monoisotopic (exact) mass is 413 g/mol. The summed E-state index contributed by atoms with van der Waals surface area (Å²) in [6, 6.07) is 19.4. The number of benzene rings is 3. The summed E-state index contributed by atoms with van der Waals surface area (Å²) in [5.74, 6) is -1.64. The lowest BCUT2D eigenvalue weighted by atomic mass is 10.1. The van der Waals surface area contributed by atoms with E-state index in [0.717, 1.165) is 12.1 Å². The molecule has 1 N–H and O–H groups in total. The van der Waals surface area contributed by atoms with Crippen LogP contribution >= 0.6 is 15.9 Å². The molecule has 0 fully saturated rings. The van der Waals surface area contributed by atoms with Gasteiger partial charge in [-0.3, -0.25) is 4.79 Å². The molecule has 0 atom stereocenters. The van der Waals surface area contributed by atoms with Gasteiger partial charge in [-0.25, -0.2) is 8.78 Å². The van der Waals surface area contributed by atoms with Gasteiger partial charge in [0.05, 0.1) is 5.69 Å². The standard InChI is InChI=1S/C21H14BrF2NO/c22-17-9-5-4-8-16(17)21(26)13-20(14-6-2-1-3-7-14)25-19-11-10-15(23)12-18(19)24/h1-13,25H/b20-13+. The van der Waals surface area contributed by atoms with E-state index in [2.05, 4.69) is 21.2 Å². The van der Waals surface area contributed by atoms with Gasteiger partial charge < -0.3 is 5.32 Å². The fourth-order valence-electron chi connectivity index (χ4n) is 2.42. The lowest BCUT2D eigenvalue weighted by Gasteiger charge is -2.13. The van der Waals surface area contributed by atoms with E-state index in [1.165, 1.54) is 12.1 Å². The SMILES string of the molecule is O=C(/C=C(/Nc1ccc(F)cc1F)c1ccccc1)c1ccccc1Br. The third kappa shape index (κ3) is 4.24. The Bertz CT molecular complexity index is 971. The number of anilines is 1. The summed E-state index contributed by atoms with van der Waals surface area (Å²) in [6.45, 7) is 0. The fraction of sp³-hybridized carbons (Fsp3) is 0. The van der Waals surface area contributed by atoms with Crippen LogP contribution in [0.3, 0.4) is 0 Å². The normalized spacial score (nSPS) is 11.3. The molecule has 0 aliphatic carbocycles. The molecule has 0 spiro atoms. The molecule has 0 saturated heterocycles. The van der Waals surface area contributed by atoms with Crippen molar-refractivity contribution in [3.05, 3.63) is 106 Å². The lowest BCUT2D eigenvalue weighted by molar-refractivity contribution is 0.104. The Morgan fingerprint density at radius 1 is 0.923 bits per heavy atom. The van der Waals surface area contributed by atoms with Crippen LogP contribution in [-0.2, 0) is 0 Å². The fourth-order valence-corrected chi connectivity index (χ4v) is 2.90. The Balaban J connectivity index is 2.01. The predicted octanol–water partition coefficient (Wildman–Crippen LogP) is 6.06. The average Bonchev–Trinajstić information content (AvgIpc) is 2.64. The maximum atomic E-state index is 14.0. The Kier molecular flexibility index (Phi) is 5.58. The van der Waals surface area contributed by atoms with Gasteiger partial charge in [0, 0.05) is 27.9 Å². The molecular formula is C21H14BrF2NO. The molecular weight excluding hydrogens is 400 g/mol. The topological polar surface area (TPSA) is 29.1 Å². The molecule has 0 amide bonds. The Morgan fingerprint density at radius 2 is 1.62 bits per heavy atom. The smallest absolute Gasteiger partial charge is 0.189 e. The molecule has 0 heterocycles. The Morgan fingerprint density at radius 3 is 2.31 bits per heavy atom. The van der Waals surface area contributed by atoms with E-state index in [-0.39, 0.29) is 11.5 Å². The van der Waals surface area contributed by atoms with E-state index in [0.29, 0.717) is 21.3 Å². The summed E-state index contributed by atoms with van der Waals surface area (Å²) in [6.07, 6.45) is 1.40. The summed E-state index contributed by atoms with van der Waals surface area (Å²) in [7, 11) is 0. The summed E-state index contributed by atoms with van der Waals surface area (Å²) in [4.78, 5) is 12.7. The first-order valence-electron chi connectivity index (χ1n) is 7.82. The first-order valence-corrected chi connectivity index (χ1v) is 8.62. The zero-order chi connectivity index (χ0) is 18.5. The largest absolute Gasteiger partial charge is 0.353 e. The van der Waals surface area contributed by atoms with Crippen molar-refractivity contribution in [3.8, 4) is 0 Å². The molecule has 5 heteroatoms. The molecule has 0 radical (unpaired) electrons. The lowest BCUT2D eigenvalue weighted by Crippen LogP contribution is -2.05. The van der Waals surface area contributed by atoms with Gasteiger partial charge in [0.15, 0.2) is 5.78 Å². The highest BCUT2D eigenvalue weighted by Crippen LogP contribution is 2.24. The number of hydrogen-bond donors (Lipinski definition) is 1. The molecule has 26 heavy (non-hydrogen) atoms. The van der Waals surface area contributed by atoms with Crippen LogP contribution < -0.4 is 5.32 Å². The van der Waals surface area contributed by atoms with E-state index in [1.807, 2.05) is 24.3 Å². The molecule has 2 nitrogen and oxygen atoms in total. The zero-order valence-corrected chi connectivity index (χ0v) is 15.1.